The molecule has 8 heteroatoms. The topological polar surface area (TPSA) is 77.4 Å². The number of hydrogen-bond donors (Lipinski definition) is 2. The fraction of sp³-hybridized carbons (Fsp3) is 0.500. The van der Waals surface area contributed by atoms with Gasteiger partial charge in [0.05, 0.1) is 6.04 Å². The second kappa shape index (κ2) is 12.4. The van der Waals surface area contributed by atoms with E-state index < -0.39 is 0 Å². The predicted octanol–water partition coefficient (Wildman–Crippen LogP) is 3.30. The summed E-state index contributed by atoms with van der Waals surface area (Å²) in [6.45, 7) is 7.61. The van der Waals surface area contributed by atoms with Crippen LogP contribution in [-0.2, 0) is 9.47 Å². The number of ether oxygens (including phenoxy) is 2. The molecule has 0 saturated heterocycles. The van der Waals surface area contributed by atoms with E-state index in [9.17, 15) is 4.79 Å². The molecule has 0 radical (unpaired) electrons. The molecule has 0 fully saturated rings. The third kappa shape index (κ3) is 6.62. The first-order chi connectivity index (χ1) is 14.5. The molecule has 30 heavy (non-hydrogen) atoms. The Balaban J connectivity index is 2.09. The lowest BCUT2D eigenvalue weighted by atomic mass is 10.1. The highest BCUT2D eigenvalue weighted by atomic mass is 32.1. The fourth-order valence-electron chi connectivity index (χ4n) is 3.12. The first-order valence-electron chi connectivity index (χ1n) is 10.4. The van der Waals surface area contributed by atoms with Crippen LogP contribution in [0.25, 0.3) is 0 Å². The van der Waals surface area contributed by atoms with Crippen LogP contribution in [0.15, 0.2) is 36.4 Å². The van der Waals surface area contributed by atoms with Crippen LogP contribution in [0, 0.1) is 0 Å². The highest BCUT2D eigenvalue weighted by molar-refractivity contribution is 7.80. The van der Waals surface area contributed by atoms with Crippen LogP contribution >= 0.6 is 12.2 Å². The molecule has 0 aliphatic carbocycles. The lowest BCUT2D eigenvalue weighted by molar-refractivity contribution is -0.139. The van der Waals surface area contributed by atoms with Crippen LogP contribution in [0.4, 0.5) is 0 Å². The predicted molar refractivity (Wildman–Crippen MR) is 122 cm³/mol. The van der Waals surface area contributed by atoms with Gasteiger partial charge in [0, 0.05) is 33.2 Å². The quantitative estimate of drug-likeness (QED) is 0.304. The van der Waals surface area contributed by atoms with E-state index in [1.807, 2.05) is 51.1 Å². The minimum atomic E-state index is -0.236. The molecule has 2 rings (SSSR count). The van der Waals surface area contributed by atoms with Gasteiger partial charge < -0.3 is 20.1 Å². The van der Waals surface area contributed by atoms with Crippen LogP contribution in [0.2, 0.25) is 0 Å². The zero-order valence-electron chi connectivity index (χ0n) is 18.2. The summed E-state index contributed by atoms with van der Waals surface area (Å²) in [5.74, 6) is -0.181. The average molecular weight is 433 g/mol. The lowest BCUT2D eigenvalue weighted by Gasteiger charge is -2.17. The van der Waals surface area contributed by atoms with E-state index >= 15 is 0 Å². The maximum absolute atomic E-state index is 12.9. The van der Waals surface area contributed by atoms with Crippen LogP contribution in [0.1, 0.15) is 61.4 Å². The summed E-state index contributed by atoms with van der Waals surface area (Å²) in [4.78, 5) is 13.4. The molecule has 1 aromatic carbocycles. The Labute approximate surface area is 184 Å². The molecular formula is C22H32N4O3S. The van der Waals surface area contributed by atoms with Gasteiger partial charge in [0.1, 0.15) is 16.4 Å². The Hall–Kier alpha value is -2.29. The SMILES string of the molecule is CCOC(CCCNC(=O)c1cc(C(=S)NC)nn1C(C)c1ccccc1)OCC. The van der Waals surface area contributed by atoms with Gasteiger partial charge in [0.2, 0.25) is 0 Å². The van der Waals surface area contributed by atoms with Gasteiger partial charge in [-0.05, 0) is 38.8 Å². The highest BCUT2D eigenvalue weighted by Gasteiger charge is 2.21. The summed E-state index contributed by atoms with van der Waals surface area (Å²) in [6, 6.07) is 11.6. The summed E-state index contributed by atoms with van der Waals surface area (Å²) < 4.78 is 12.8. The molecule has 1 heterocycles. The van der Waals surface area contributed by atoms with Gasteiger partial charge >= 0.3 is 0 Å². The smallest absolute Gasteiger partial charge is 0.269 e. The standard InChI is InChI=1S/C22H32N4O3S/c1-5-28-20(29-6-2)13-10-14-24-21(27)19-15-18(22(30)23-4)25-26(19)16(3)17-11-8-7-9-12-17/h7-9,11-12,15-16,20H,5-6,10,13-14H2,1-4H3,(H,23,30)(H,24,27). The molecule has 0 spiro atoms. The normalized spacial score (nSPS) is 12.0. The first kappa shape index (κ1) is 24.0. The number of benzene rings is 1. The zero-order chi connectivity index (χ0) is 21.9. The third-order valence-corrected chi connectivity index (χ3v) is 5.10. The average Bonchev–Trinajstić information content (AvgIpc) is 3.22. The Kier molecular flexibility index (Phi) is 9.93. The largest absolute Gasteiger partial charge is 0.378 e. The van der Waals surface area contributed by atoms with Crippen molar-refractivity contribution in [3.05, 3.63) is 53.3 Å². The summed E-state index contributed by atoms with van der Waals surface area (Å²) in [6.07, 6.45) is 1.23. The van der Waals surface area contributed by atoms with E-state index in [2.05, 4.69) is 15.7 Å². The van der Waals surface area contributed by atoms with E-state index in [0.29, 0.717) is 36.1 Å². The van der Waals surface area contributed by atoms with Crippen LogP contribution in [0.3, 0.4) is 0 Å². The molecule has 0 aliphatic rings. The molecule has 0 bridgehead atoms. The monoisotopic (exact) mass is 432 g/mol. The van der Waals surface area contributed by atoms with Gasteiger partial charge in [-0.25, -0.2) is 0 Å². The maximum Gasteiger partial charge on any atom is 0.269 e. The summed E-state index contributed by atoms with van der Waals surface area (Å²) >= 11 is 5.32. The number of rotatable bonds is 12. The summed E-state index contributed by atoms with van der Waals surface area (Å²) in [5, 5.41) is 10.5. The second-order valence-corrected chi connectivity index (χ2v) is 7.17. The van der Waals surface area contributed by atoms with E-state index in [4.69, 9.17) is 21.7 Å². The minimum Gasteiger partial charge on any atom is -0.378 e. The number of amides is 1. The molecule has 0 saturated carbocycles. The van der Waals surface area contributed by atoms with Crippen molar-refractivity contribution in [1.29, 1.82) is 0 Å². The van der Waals surface area contributed by atoms with E-state index in [0.717, 1.165) is 18.4 Å². The molecule has 2 aromatic rings. The number of aromatic nitrogens is 2. The van der Waals surface area contributed by atoms with Gasteiger partial charge in [-0.15, -0.1) is 0 Å². The van der Waals surface area contributed by atoms with Gasteiger partial charge in [0.25, 0.3) is 5.91 Å². The van der Waals surface area contributed by atoms with Crippen molar-refractivity contribution in [3.8, 4) is 0 Å². The molecule has 2 N–H and O–H groups in total. The van der Waals surface area contributed by atoms with Crippen molar-refractivity contribution in [3.63, 3.8) is 0 Å². The number of carbonyl (C=O) groups excluding carboxylic acids is 1. The van der Waals surface area contributed by atoms with Crippen molar-refractivity contribution in [2.45, 2.75) is 45.9 Å². The maximum atomic E-state index is 12.9. The van der Waals surface area contributed by atoms with Crippen LogP contribution in [0.5, 0.6) is 0 Å². The first-order valence-corrected chi connectivity index (χ1v) is 10.8. The zero-order valence-corrected chi connectivity index (χ0v) is 19.0. The van der Waals surface area contributed by atoms with Crippen molar-refractivity contribution in [2.24, 2.45) is 0 Å². The van der Waals surface area contributed by atoms with Gasteiger partial charge in [0.15, 0.2) is 6.29 Å². The molecular weight excluding hydrogens is 400 g/mol. The van der Waals surface area contributed by atoms with Gasteiger partial charge in [-0.3, -0.25) is 9.48 Å². The minimum absolute atomic E-state index is 0.111. The number of hydrogen-bond acceptors (Lipinski definition) is 5. The lowest BCUT2D eigenvalue weighted by Crippen LogP contribution is -2.29. The summed E-state index contributed by atoms with van der Waals surface area (Å²) in [5.41, 5.74) is 2.12. The molecule has 164 valence electrons. The van der Waals surface area contributed by atoms with Crippen molar-refractivity contribution in [2.75, 3.05) is 26.8 Å². The molecule has 1 unspecified atom stereocenters. The highest BCUT2D eigenvalue weighted by Crippen LogP contribution is 2.20. The number of nitrogens with one attached hydrogen (secondary N) is 2. The second-order valence-electron chi connectivity index (χ2n) is 6.76. The number of nitrogens with zero attached hydrogens (tertiary/aromatic N) is 2. The van der Waals surface area contributed by atoms with Crippen molar-refractivity contribution in [1.82, 2.24) is 20.4 Å². The van der Waals surface area contributed by atoms with Crippen molar-refractivity contribution < 1.29 is 14.3 Å². The Morgan fingerprint density at radius 3 is 2.47 bits per heavy atom. The molecule has 7 nitrogen and oxygen atoms in total. The molecule has 1 aromatic heterocycles. The van der Waals surface area contributed by atoms with E-state index in [1.54, 1.807) is 17.8 Å². The summed E-state index contributed by atoms with van der Waals surface area (Å²) in [7, 11) is 1.74. The number of carbonyl (C=O) groups is 1. The molecule has 1 atom stereocenters. The van der Waals surface area contributed by atoms with Crippen LogP contribution in [-0.4, -0.2) is 53.8 Å². The Morgan fingerprint density at radius 2 is 1.87 bits per heavy atom. The fourth-order valence-corrected chi connectivity index (χ4v) is 3.22. The van der Waals surface area contributed by atoms with E-state index in [-0.39, 0.29) is 18.2 Å². The Morgan fingerprint density at radius 1 is 1.20 bits per heavy atom. The van der Waals surface area contributed by atoms with Crippen LogP contribution < -0.4 is 10.6 Å². The van der Waals surface area contributed by atoms with Gasteiger partial charge in [-0.2, -0.15) is 5.10 Å². The molecule has 1 amide bonds. The molecule has 0 aliphatic heterocycles. The Bertz CT molecular complexity index is 804. The van der Waals surface area contributed by atoms with E-state index in [1.165, 1.54) is 0 Å². The number of thiocarbonyl (C=S) groups is 1. The van der Waals surface area contributed by atoms with Crippen molar-refractivity contribution >= 4 is 23.1 Å². The third-order valence-electron chi connectivity index (χ3n) is 4.68. The van der Waals surface area contributed by atoms with Gasteiger partial charge in [-0.1, -0.05) is 42.5 Å².